The molecule has 0 spiro atoms. The molecule has 1 aromatic rings. The van der Waals surface area contributed by atoms with Gasteiger partial charge in [-0.2, -0.15) is 0 Å². The van der Waals surface area contributed by atoms with Gasteiger partial charge in [0.2, 0.25) is 0 Å². The number of carboxylic acids is 1. The first-order valence-corrected chi connectivity index (χ1v) is 5.41. The summed E-state index contributed by atoms with van der Waals surface area (Å²) in [6, 6.07) is 5.40. The van der Waals surface area contributed by atoms with E-state index in [2.05, 4.69) is 15.9 Å². The molecule has 1 aliphatic carbocycles. The minimum atomic E-state index is -0.861. The van der Waals surface area contributed by atoms with E-state index in [1.165, 1.54) is 0 Å². The number of rotatable bonds is 2. The number of Topliss-reactive ketones (excluding diaryl/α,β-unsaturated/α-hetero) is 1. The van der Waals surface area contributed by atoms with E-state index in [0.29, 0.717) is 12.0 Å². The summed E-state index contributed by atoms with van der Waals surface area (Å²) in [5.41, 5.74) is 1.53. The highest BCUT2D eigenvalue weighted by molar-refractivity contribution is 9.10. The smallest absolute Gasteiger partial charge is 0.303 e. The van der Waals surface area contributed by atoms with Gasteiger partial charge in [-0.25, -0.2) is 0 Å². The molecule has 1 aromatic carbocycles. The predicted molar refractivity (Wildman–Crippen MR) is 58.1 cm³/mol. The third kappa shape index (κ3) is 1.95. The first kappa shape index (κ1) is 10.4. The zero-order valence-electron chi connectivity index (χ0n) is 7.87. The molecule has 0 fully saturated rings. The lowest BCUT2D eigenvalue weighted by Gasteiger charge is -2.07. The third-order valence-corrected chi connectivity index (χ3v) is 3.10. The Balaban J connectivity index is 2.39. The van der Waals surface area contributed by atoms with Crippen molar-refractivity contribution in [2.75, 3.05) is 0 Å². The Hall–Kier alpha value is -1.16. The van der Waals surface area contributed by atoms with E-state index < -0.39 is 5.97 Å². The standard InChI is InChI=1S/C11H9BrO3/c12-7-1-2-8-9(5-7)6(3-10(8)13)4-11(14)15/h1-2,5-6H,3-4H2,(H,14,15)/t6-/m1/s1. The number of aliphatic carboxylic acids is 1. The van der Waals surface area contributed by atoms with Gasteiger partial charge in [0, 0.05) is 22.4 Å². The van der Waals surface area contributed by atoms with Crippen molar-refractivity contribution in [3.63, 3.8) is 0 Å². The zero-order valence-corrected chi connectivity index (χ0v) is 9.45. The van der Waals surface area contributed by atoms with Gasteiger partial charge < -0.3 is 5.11 Å². The molecule has 2 rings (SSSR count). The van der Waals surface area contributed by atoms with Crippen LogP contribution in [0.1, 0.15) is 34.7 Å². The van der Waals surface area contributed by atoms with Crippen molar-refractivity contribution in [3.05, 3.63) is 33.8 Å². The fraction of sp³-hybridized carbons (Fsp3) is 0.273. The zero-order chi connectivity index (χ0) is 11.0. The van der Waals surface area contributed by atoms with Crippen LogP contribution in [0.3, 0.4) is 0 Å². The molecule has 0 aromatic heterocycles. The number of ketones is 1. The van der Waals surface area contributed by atoms with E-state index in [0.717, 1.165) is 10.0 Å². The van der Waals surface area contributed by atoms with Crippen LogP contribution in [0, 0.1) is 0 Å². The topological polar surface area (TPSA) is 54.4 Å². The fourth-order valence-corrected chi connectivity index (χ4v) is 2.34. The summed E-state index contributed by atoms with van der Waals surface area (Å²) in [5, 5.41) is 8.73. The van der Waals surface area contributed by atoms with Gasteiger partial charge in [0.05, 0.1) is 6.42 Å². The van der Waals surface area contributed by atoms with Crippen LogP contribution >= 0.6 is 15.9 Å². The molecule has 0 aliphatic heterocycles. The number of benzene rings is 1. The molecule has 0 heterocycles. The minimum Gasteiger partial charge on any atom is -0.481 e. The number of carboxylic acid groups (broad SMARTS) is 1. The summed E-state index contributed by atoms with van der Waals surface area (Å²) >= 11 is 3.32. The molecule has 0 bridgehead atoms. The quantitative estimate of drug-likeness (QED) is 0.897. The van der Waals surface area contributed by atoms with Crippen molar-refractivity contribution in [2.24, 2.45) is 0 Å². The van der Waals surface area contributed by atoms with Crippen LogP contribution in [0.4, 0.5) is 0 Å². The number of hydrogen-bond donors (Lipinski definition) is 1. The summed E-state index contributed by atoms with van der Waals surface area (Å²) < 4.78 is 0.881. The third-order valence-electron chi connectivity index (χ3n) is 2.61. The van der Waals surface area contributed by atoms with Crippen molar-refractivity contribution in [3.8, 4) is 0 Å². The van der Waals surface area contributed by atoms with Gasteiger partial charge in [-0.05, 0) is 17.7 Å². The number of hydrogen-bond acceptors (Lipinski definition) is 2. The molecule has 0 unspecified atom stereocenters. The van der Waals surface area contributed by atoms with Crippen molar-refractivity contribution in [1.29, 1.82) is 0 Å². The lowest BCUT2D eigenvalue weighted by atomic mass is 9.98. The molecule has 4 heteroatoms. The predicted octanol–water partition coefficient (Wildman–Crippen LogP) is 2.59. The second-order valence-corrected chi connectivity index (χ2v) is 4.57. The highest BCUT2D eigenvalue weighted by Gasteiger charge is 2.30. The molecule has 0 radical (unpaired) electrons. The van der Waals surface area contributed by atoms with Gasteiger partial charge >= 0.3 is 5.97 Å². The van der Waals surface area contributed by atoms with E-state index in [4.69, 9.17) is 5.11 Å². The highest BCUT2D eigenvalue weighted by Crippen LogP contribution is 2.36. The number of carbonyl (C=O) groups is 2. The molecule has 0 saturated carbocycles. The first-order chi connectivity index (χ1) is 7.08. The van der Waals surface area contributed by atoms with E-state index in [1.54, 1.807) is 12.1 Å². The lowest BCUT2D eigenvalue weighted by Crippen LogP contribution is -2.03. The van der Waals surface area contributed by atoms with Crippen LogP contribution in [0.25, 0.3) is 0 Å². The molecule has 1 aliphatic rings. The van der Waals surface area contributed by atoms with Crippen LogP contribution in [-0.4, -0.2) is 16.9 Å². The van der Waals surface area contributed by atoms with E-state index in [-0.39, 0.29) is 18.1 Å². The van der Waals surface area contributed by atoms with E-state index in [9.17, 15) is 9.59 Å². The van der Waals surface area contributed by atoms with E-state index >= 15 is 0 Å². The Morgan fingerprint density at radius 3 is 2.93 bits per heavy atom. The number of fused-ring (bicyclic) bond motifs is 1. The normalized spacial score (nSPS) is 19.0. The van der Waals surface area contributed by atoms with Gasteiger partial charge in [0.15, 0.2) is 5.78 Å². The second-order valence-electron chi connectivity index (χ2n) is 3.65. The Labute approximate surface area is 95.2 Å². The van der Waals surface area contributed by atoms with Crippen LogP contribution in [0.15, 0.2) is 22.7 Å². The van der Waals surface area contributed by atoms with Crippen LogP contribution < -0.4 is 0 Å². The maximum absolute atomic E-state index is 11.6. The maximum atomic E-state index is 11.6. The Bertz CT molecular complexity index is 437. The molecule has 0 amide bonds. The van der Waals surface area contributed by atoms with Crippen molar-refractivity contribution < 1.29 is 14.7 Å². The molecule has 78 valence electrons. The van der Waals surface area contributed by atoms with Gasteiger partial charge in [0.1, 0.15) is 0 Å². The second kappa shape index (κ2) is 3.77. The monoisotopic (exact) mass is 268 g/mol. The Morgan fingerprint density at radius 1 is 1.53 bits per heavy atom. The van der Waals surface area contributed by atoms with Gasteiger partial charge in [-0.15, -0.1) is 0 Å². The lowest BCUT2D eigenvalue weighted by molar-refractivity contribution is -0.137. The summed E-state index contributed by atoms with van der Waals surface area (Å²) in [6.45, 7) is 0. The maximum Gasteiger partial charge on any atom is 0.303 e. The van der Waals surface area contributed by atoms with Crippen molar-refractivity contribution >= 4 is 27.7 Å². The molecule has 15 heavy (non-hydrogen) atoms. The van der Waals surface area contributed by atoms with E-state index in [1.807, 2.05) is 6.07 Å². The molecule has 0 saturated heterocycles. The van der Waals surface area contributed by atoms with Gasteiger partial charge in [-0.1, -0.05) is 22.0 Å². The van der Waals surface area contributed by atoms with Crippen molar-refractivity contribution in [2.45, 2.75) is 18.8 Å². The van der Waals surface area contributed by atoms with Gasteiger partial charge in [-0.3, -0.25) is 9.59 Å². The molecular weight excluding hydrogens is 260 g/mol. The van der Waals surface area contributed by atoms with Crippen molar-refractivity contribution in [1.82, 2.24) is 0 Å². The summed E-state index contributed by atoms with van der Waals surface area (Å²) in [5.74, 6) is -0.980. The average Bonchev–Trinajstić information content (AvgIpc) is 2.42. The average molecular weight is 269 g/mol. The minimum absolute atomic E-state index is 0.0230. The molecule has 3 nitrogen and oxygen atoms in total. The molecular formula is C11H9BrO3. The number of halogens is 1. The Kier molecular flexibility index (Phi) is 2.61. The van der Waals surface area contributed by atoms with Crippen LogP contribution in [0.2, 0.25) is 0 Å². The summed E-state index contributed by atoms with van der Waals surface area (Å²) in [6.07, 6.45) is 0.341. The van der Waals surface area contributed by atoms with Gasteiger partial charge in [0.25, 0.3) is 0 Å². The fourth-order valence-electron chi connectivity index (χ4n) is 1.96. The van der Waals surface area contributed by atoms with Crippen LogP contribution in [-0.2, 0) is 4.79 Å². The summed E-state index contributed by atoms with van der Waals surface area (Å²) in [4.78, 5) is 22.2. The largest absolute Gasteiger partial charge is 0.481 e. The summed E-state index contributed by atoms with van der Waals surface area (Å²) in [7, 11) is 0. The molecule has 1 N–H and O–H groups in total. The first-order valence-electron chi connectivity index (χ1n) is 4.62. The van der Waals surface area contributed by atoms with Crippen LogP contribution in [0.5, 0.6) is 0 Å². The number of carbonyl (C=O) groups excluding carboxylic acids is 1. The SMILES string of the molecule is O=C(O)C[C@H]1CC(=O)c2ccc(Br)cc21. The molecule has 1 atom stereocenters. The Morgan fingerprint density at radius 2 is 2.27 bits per heavy atom. The highest BCUT2D eigenvalue weighted by atomic mass is 79.9.